The molecule has 0 aliphatic carbocycles. The quantitative estimate of drug-likeness (QED) is 0.838. The number of methoxy groups -OCH3 is 1. The minimum atomic E-state index is -0.663. The molecule has 0 spiro atoms. The van der Waals surface area contributed by atoms with Gasteiger partial charge in [-0.1, -0.05) is 0 Å². The van der Waals surface area contributed by atoms with Crippen LogP contribution in [-0.4, -0.2) is 28.7 Å². The van der Waals surface area contributed by atoms with Crippen LogP contribution in [0.5, 0.6) is 0 Å². The van der Waals surface area contributed by atoms with Crippen LogP contribution in [0.4, 0.5) is 0 Å². The standard InChI is InChI=1S/C14H17N3O2/c1-10-5-6-16-13(8-10)17-7-3-4-11(17)9-12(15)14(18)19-2/h3-8,12H,9,15H2,1-2H3. The number of aryl methyl sites for hydroxylation is 1. The van der Waals surface area contributed by atoms with E-state index in [9.17, 15) is 4.79 Å². The summed E-state index contributed by atoms with van der Waals surface area (Å²) in [5, 5.41) is 0. The molecule has 1 atom stereocenters. The van der Waals surface area contributed by atoms with Crippen molar-refractivity contribution < 1.29 is 9.53 Å². The van der Waals surface area contributed by atoms with Gasteiger partial charge in [-0.3, -0.25) is 4.79 Å². The number of hydrogen-bond acceptors (Lipinski definition) is 4. The van der Waals surface area contributed by atoms with Crippen molar-refractivity contribution in [1.29, 1.82) is 0 Å². The molecule has 0 aromatic carbocycles. The number of aromatic nitrogens is 2. The van der Waals surface area contributed by atoms with E-state index in [0.717, 1.165) is 17.1 Å². The Hall–Kier alpha value is -2.14. The molecule has 0 saturated carbocycles. The molecule has 0 radical (unpaired) electrons. The van der Waals surface area contributed by atoms with Crippen LogP contribution in [-0.2, 0) is 16.0 Å². The molecule has 0 aliphatic heterocycles. The van der Waals surface area contributed by atoms with Crippen LogP contribution in [0.25, 0.3) is 5.82 Å². The van der Waals surface area contributed by atoms with Gasteiger partial charge in [-0.2, -0.15) is 0 Å². The van der Waals surface area contributed by atoms with Gasteiger partial charge in [-0.15, -0.1) is 0 Å². The molecule has 0 amide bonds. The maximum absolute atomic E-state index is 11.4. The third kappa shape index (κ3) is 3.00. The molecule has 0 saturated heterocycles. The van der Waals surface area contributed by atoms with Gasteiger partial charge in [0.2, 0.25) is 0 Å². The summed E-state index contributed by atoms with van der Waals surface area (Å²) in [6.45, 7) is 2.01. The Labute approximate surface area is 112 Å². The molecular weight excluding hydrogens is 242 g/mol. The third-order valence-corrected chi connectivity index (χ3v) is 2.91. The number of rotatable bonds is 4. The number of carbonyl (C=O) groups excluding carboxylic acids is 1. The maximum atomic E-state index is 11.4. The van der Waals surface area contributed by atoms with Crippen LogP contribution in [0.15, 0.2) is 36.7 Å². The number of esters is 1. The van der Waals surface area contributed by atoms with E-state index in [0.29, 0.717) is 6.42 Å². The fourth-order valence-electron chi connectivity index (χ4n) is 1.92. The Morgan fingerprint density at radius 2 is 2.32 bits per heavy atom. The van der Waals surface area contributed by atoms with E-state index in [-0.39, 0.29) is 0 Å². The molecule has 0 fully saturated rings. The molecule has 0 bridgehead atoms. The van der Waals surface area contributed by atoms with Gasteiger partial charge in [0, 0.05) is 24.5 Å². The average Bonchev–Trinajstić information content (AvgIpc) is 2.85. The van der Waals surface area contributed by atoms with Crippen LogP contribution in [0.1, 0.15) is 11.3 Å². The summed E-state index contributed by atoms with van der Waals surface area (Å²) in [6.07, 6.45) is 4.07. The summed E-state index contributed by atoms with van der Waals surface area (Å²) in [5.41, 5.74) is 7.84. The SMILES string of the molecule is COC(=O)C(N)Cc1cccn1-c1cc(C)ccn1. The molecule has 5 nitrogen and oxygen atoms in total. The minimum absolute atomic E-state index is 0.412. The number of ether oxygens (including phenoxy) is 1. The van der Waals surface area contributed by atoms with Crippen molar-refractivity contribution in [2.24, 2.45) is 5.73 Å². The summed E-state index contributed by atoms with van der Waals surface area (Å²) < 4.78 is 6.56. The molecule has 5 heteroatoms. The normalized spacial score (nSPS) is 12.2. The first kappa shape index (κ1) is 13.3. The monoisotopic (exact) mass is 259 g/mol. The number of hydrogen-bond donors (Lipinski definition) is 1. The van der Waals surface area contributed by atoms with Gasteiger partial charge in [0.25, 0.3) is 0 Å². The maximum Gasteiger partial charge on any atom is 0.323 e. The second-order valence-corrected chi connectivity index (χ2v) is 4.39. The summed E-state index contributed by atoms with van der Waals surface area (Å²) >= 11 is 0. The zero-order valence-electron chi connectivity index (χ0n) is 11.0. The highest BCUT2D eigenvalue weighted by Crippen LogP contribution is 2.13. The van der Waals surface area contributed by atoms with Crippen molar-refractivity contribution in [2.45, 2.75) is 19.4 Å². The van der Waals surface area contributed by atoms with E-state index in [1.165, 1.54) is 7.11 Å². The van der Waals surface area contributed by atoms with E-state index in [1.807, 2.05) is 42.0 Å². The molecular formula is C14H17N3O2. The molecule has 19 heavy (non-hydrogen) atoms. The number of pyridine rings is 1. The summed E-state index contributed by atoms with van der Waals surface area (Å²) in [5.74, 6) is 0.405. The Kier molecular flexibility index (Phi) is 3.97. The van der Waals surface area contributed by atoms with Gasteiger partial charge < -0.3 is 15.0 Å². The van der Waals surface area contributed by atoms with Gasteiger partial charge >= 0.3 is 5.97 Å². The van der Waals surface area contributed by atoms with Crippen molar-refractivity contribution >= 4 is 5.97 Å². The van der Waals surface area contributed by atoms with Crippen molar-refractivity contribution in [2.75, 3.05) is 7.11 Å². The highest BCUT2D eigenvalue weighted by Gasteiger charge is 2.16. The Morgan fingerprint density at radius 1 is 1.53 bits per heavy atom. The summed E-state index contributed by atoms with van der Waals surface area (Å²) in [4.78, 5) is 15.7. The third-order valence-electron chi connectivity index (χ3n) is 2.91. The van der Waals surface area contributed by atoms with Crippen molar-refractivity contribution in [3.05, 3.63) is 47.9 Å². The second-order valence-electron chi connectivity index (χ2n) is 4.39. The first-order valence-electron chi connectivity index (χ1n) is 6.04. The number of carbonyl (C=O) groups is 1. The molecule has 2 rings (SSSR count). The summed E-state index contributed by atoms with van der Waals surface area (Å²) in [7, 11) is 1.34. The average molecular weight is 259 g/mol. The van der Waals surface area contributed by atoms with Crippen LogP contribution < -0.4 is 5.73 Å². The lowest BCUT2D eigenvalue weighted by Gasteiger charge is -2.12. The first-order chi connectivity index (χ1) is 9.11. The lowest BCUT2D eigenvalue weighted by atomic mass is 10.1. The van der Waals surface area contributed by atoms with Gasteiger partial charge in [0.15, 0.2) is 0 Å². The largest absolute Gasteiger partial charge is 0.468 e. The van der Waals surface area contributed by atoms with Crippen molar-refractivity contribution in [1.82, 2.24) is 9.55 Å². The lowest BCUT2D eigenvalue weighted by molar-refractivity contribution is -0.142. The van der Waals surface area contributed by atoms with Crippen molar-refractivity contribution in [3.63, 3.8) is 0 Å². The molecule has 2 heterocycles. The first-order valence-corrected chi connectivity index (χ1v) is 6.04. The smallest absolute Gasteiger partial charge is 0.323 e. The zero-order valence-corrected chi connectivity index (χ0v) is 11.0. The molecule has 2 N–H and O–H groups in total. The van der Waals surface area contributed by atoms with Gasteiger partial charge in [-0.25, -0.2) is 4.98 Å². The van der Waals surface area contributed by atoms with E-state index in [1.54, 1.807) is 6.20 Å². The Morgan fingerprint density at radius 3 is 3.00 bits per heavy atom. The fourth-order valence-corrected chi connectivity index (χ4v) is 1.92. The molecule has 2 aromatic heterocycles. The van der Waals surface area contributed by atoms with Crippen LogP contribution in [0.2, 0.25) is 0 Å². The molecule has 0 aliphatic rings. The van der Waals surface area contributed by atoms with E-state index in [2.05, 4.69) is 9.72 Å². The topological polar surface area (TPSA) is 70.1 Å². The van der Waals surface area contributed by atoms with E-state index < -0.39 is 12.0 Å². The lowest BCUT2D eigenvalue weighted by Crippen LogP contribution is -2.34. The van der Waals surface area contributed by atoms with Crippen LogP contribution in [0, 0.1) is 6.92 Å². The van der Waals surface area contributed by atoms with Gasteiger partial charge in [0.05, 0.1) is 7.11 Å². The Balaban J connectivity index is 2.25. The van der Waals surface area contributed by atoms with E-state index in [4.69, 9.17) is 5.73 Å². The summed E-state index contributed by atoms with van der Waals surface area (Å²) in [6, 6.07) is 7.08. The number of nitrogens with zero attached hydrogens (tertiary/aromatic N) is 2. The molecule has 100 valence electrons. The second kappa shape index (κ2) is 5.67. The number of nitrogens with two attached hydrogens (primary N) is 1. The molecule has 1 unspecified atom stereocenters. The Bertz CT molecular complexity index is 578. The minimum Gasteiger partial charge on any atom is -0.468 e. The highest BCUT2D eigenvalue weighted by atomic mass is 16.5. The predicted molar refractivity (Wildman–Crippen MR) is 72.0 cm³/mol. The van der Waals surface area contributed by atoms with Gasteiger partial charge in [0.1, 0.15) is 11.9 Å². The highest BCUT2D eigenvalue weighted by molar-refractivity contribution is 5.75. The van der Waals surface area contributed by atoms with E-state index >= 15 is 0 Å². The fraction of sp³-hybridized carbons (Fsp3) is 0.286. The van der Waals surface area contributed by atoms with Crippen molar-refractivity contribution in [3.8, 4) is 5.82 Å². The van der Waals surface area contributed by atoms with Crippen LogP contribution in [0.3, 0.4) is 0 Å². The zero-order chi connectivity index (χ0) is 13.8. The predicted octanol–water partition coefficient (Wildman–Crippen LogP) is 1.22. The van der Waals surface area contributed by atoms with Crippen LogP contribution >= 0.6 is 0 Å². The van der Waals surface area contributed by atoms with Gasteiger partial charge in [-0.05, 0) is 36.8 Å². The molecule has 2 aromatic rings.